The van der Waals surface area contributed by atoms with Crippen LogP contribution in [0, 0.1) is 6.92 Å². The molecule has 0 bridgehead atoms. The molecule has 1 N–H and O–H groups in total. The van der Waals surface area contributed by atoms with Gasteiger partial charge in [0.2, 0.25) is 0 Å². The number of nitrogens with one attached hydrogen (secondary N) is 1. The number of hydrogen-bond acceptors (Lipinski definition) is 1. The van der Waals surface area contributed by atoms with Gasteiger partial charge >= 0.3 is 0 Å². The maximum Gasteiger partial charge on any atom is 0.251 e. The van der Waals surface area contributed by atoms with Crippen LogP contribution in [0.4, 0.5) is 0 Å². The van der Waals surface area contributed by atoms with Crippen LogP contribution in [0.3, 0.4) is 0 Å². The van der Waals surface area contributed by atoms with E-state index in [9.17, 15) is 4.79 Å². The van der Waals surface area contributed by atoms with Crippen molar-refractivity contribution in [2.75, 3.05) is 0 Å². The van der Waals surface area contributed by atoms with Crippen LogP contribution in [0.15, 0.2) is 24.3 Å². The van der Waals surface area contributed by atoms with E-state index in [0.717, 1.165) is 17.5 Å². The average molecular weight is 247 g/mol. The Hall–Kier alpha value is -1.31. The van der Waals surface area contributed by atoms with Gasteiger partial charge in [-0.2, -0.15) is 0 Å². The summed E-state index contributed by atoms with van der Waals surface area (Å²) >= 11 is 0. The molecule has 0 aliphatic rings. The van der Waals surface area contributed by atoms with Crippen molar-refractivity contribution in [3.63, 3.8) is 0 Å². The number of unbranched alkanes of at least 4 members (excludes halogenated alkanes) is 3. The summed E-state index contributed by atoms with van der Waals surface area (Å²) in [4.78, 5) is 12.1. The van der Waals surface area contributed by atoms with Gasteiger partial charge in [0.25, 0.3) is 5.91 Å². The van der Waals surface area contributed by atoms with Crippen LogP contribution in [0.25, 0.3) is 0 Å². The van der Waals surface area contributed by atoms with Crippen LogP contribution in [0.5, 0.6) is 0 Å². The highest BCUT2D eigenvalue weighted by Crippen LogP contribution is 2.09. The maximum atomic E-state index is 12.1. The Balaban J connectivity index is 2.38. The first-order chi connectivity index (χ1) is 8.65. The number of hydrogen-bond donors (Lipinski definition) is 1. The van der Waals surface area contributed by atoms with Gasteiger partial charge in [-0.3, -0.25) is 4.79 Å². The second kappa shape index (κ2) is 7.91. The van der Waals surface area contributed by atoms with Crippen molar-refractivity contribution in [3.05, 3.63) is 35.4 Å². The van der Waals surface area contributed by atoms with Crippen molar-refractivity contribution in [2.24, 2.45) is 0 Å². The van der Waals surface area contributed by atoms with Crippen LogP contribution in [-0.2, 0) is 0 Å². The van der Waals surface area contributed by atoms with Crippen molar-refractivity contribution in [2.45, 2.75) is 58.9 Å². The monoisotopic (exact) mass is 247 g/mol. The highest BCUT2D eigenvalue weighted by Gasteiger charge is 2.10. The minimum Gasteiger partial charge on any atom is -0.350 e. The molecule has 0 aliphatic heterocycles. The topological polar surface area (TPSA) is 29.1 Å². The Morgan fingerprint density at radius 1 is 1.22 bits per heavy atom. The third-order valence-corrected chi connectivity index (χ3v) is 3.26. The van der Waals surface area contributed by atoms with E-state index in [0.29, 0.717) is 0 Å². The van der Waals surface area contributed by atoms with E-state index >= 15 is 0 Å². The van der Waals surface area contributed by atoms with Crippen LogP contribution in [-0.4, -0.2) is 11.9 Å². The molecule has 0 unspecified atom stereocenters. The fourth-order valence-corrected chi connectivity index (χ4v) is 2.08. The van der Waals surface area contributed by atoms with E-state index in [1.807, 2.05) is 31.2 Å². The minimum atomic E-state index is 0.0519. The number of carbonyl (C=O) groups excluding carboxylic acids is 1. The maximum absolute atomic E-state index is 12.1. The molecule has 0 aliphatic carbocycles. The Kier molecular flexibility index (Phi) is 6.48. The average Bonchev–Trinajstić information content (AvgIpc) is 2.35. The summed E-state index contributed by atoms with van der Waals surface area (Å²) < 4.78 is 0. The fraction of sp³-hybridized carbons (Fsp3) is 0.562. The van der Waals surface area contributed by atoms with Crippen molar-refractivity contribution >= 4 is 5.91 Å². The number of aryl methyl sites for hydroxylation is 1. The van der Waals surface area contributed by atoms with E-state index < -0.39 is 0 Å². The zero-order valence-electron chi connectivity index (χ0n) is 11.8. The van der Waals surface area contributed by atoms with Crippen molar-refractivity contribution in [1.29, 1.82) is 0 Å². The lowest BCUT2D eigenvalue weighted by Gasteiger charge is -2.14. The smallest absolute Gasteiger partial charge is 0.251 e. The highest BCUT2D eigenvalue weighted by atomic mass is 16.1. The standard InChI is InChI=1S/C16H25NO/c1-4-5-6-7-11-14(3)17-16(18)15-12-9-8-10-13(15)2/h8-10,12,14H,4-7,11H2,1-3H3,(H,17,18)/t14-/m0/s1. The summed E-state index contributed by atoms with van der Waals surface area (Å²) in [5.41, 5.74) is 1.83. The molecule has 1 aromatic rings. The first kappa shape index (κ1) is 14.7. The Labute approximate surface area is 111 Å². The quantitative estimate of drug-likeness (QED) is 0.723. The van der Waals surface area contributed by atoms with Crippen LogP contribution in [0.2, 0.25) is 0 Å². The summed E-state index contributed by atoms with van der Waals surface area (Å²) in [6.07, 6.45) is 6.07. The number of amides is 1. The Morgan fingerprint density at radius 3 is 2.61 bits per heavy atom. The predicted octanol–water partition coefficient (Wildman–Crippen LogP) is 4.08. The largest absolute Gasteiger partial charge is 0.350 e. The zero-order chi connectivity index (χ0) is 13.4. The van der Waals surface area contributed by atoms with Gasteiger partial charge in [0.1, 0.15) is 0 Å². The molecular weight excluding hydrogens is 222 g/mol. The first-order valence-electron chi connectivity index (χ1n) is 7.01. The second-order valence-electron chi connectivity index (χ2n) is 5.04. The molecule has 0 heterocycles. The SMILES string of the molecule is CCCCCC[C@H](C)NC(=O)c1ccccc1C. The van der Waals surface area contributed by atoms with Crippen LogP contribution >= 0.6 is 0 Å². The molecule has 1 aromatic carbocycles. The third-order valence-electron chi connectivity index (χ3n) is 3.26. The molecule has 1 rings (SSSR count). The molecule has 18 heavy (non-hydrogen) atoms. The van der Waals surface area contributed by atoms with Crippen molar-refractivity contribution < 1.29 is 4.79 Å². The molecule has 2 heteroatoms. The third kappa shape index (κ3) is 4.91. The summed E-state index contributed by atoms with van der Waals surface area (Å²) in [5.74, 6) is 0.0519. The van der Waals surface area contributed by atoms with E-state index in [1.165, 1.54) is 25.7 Å². The molecule has 0 fully saturated rings. The van der Waals surface area contributed by atoms with E-state index in [1.54, 1.807) is 0 Å². The molecule has 0 aromatic heterocycles. The molecule has 100 valence electrons. The van der Waals surface area contributed by atoms with E-state index in [-0.39, 0.29) is 11.9 Å². The van der Waals surface area contributed by atoms with Crippen molar-refractivity contribution in [1.82, 2.24) is 5.32 Å². The number of rotatable bonds is 7. The molecule has 0 spiro atoms. The predicted molar refractivity (Wildman–Crippen MR) is 76.9 cm³/mol. The molecule has 0 saturated carbocycles. The van der Waals surface area contributed by atoms with Crippen LogP contribution in [0.1, 0.15) is 61.9 Å². The van der Waals surface area contributed by atoms with Gasteiger partial charge in [0.15, 0.2) is 0 Å². The normalized spacial score (nSPS) is 12.2. The molecule has 1 atom stereocenters. The number of carbonyl (C=O) groups is 1. The van der Waals surface area contributed by atoms with Crippen LogP contribution < -0.4 is 5.32 Å². The summed E-state index contributed by atoms with van der Waals surface area (Å²) in [6.45, 7) is 6.27. The first-order valence-corrected chi connectivity index (χ1v) is 7.01. The van der Waals surface area contributed by atoms with Gasteiger partial charge in [-0.15, -0.1) is 0 Å². The molecule has 0 saturated heterocycles. The van der Waals surface area contributed by atoms with E-state index in [2.05, 4.69) is 19.2 Å². The van der Waals surface area contributed by atoms with Crippen molar-refractivity contribution in [3.8, 4) is 0 Å². The lowest BCUT2D eigenvalue weighted by Crippen LogP contribution is -2.32. The molecule has 1 amide bonds. The highest BCUT2D eigenvalue weighted by molar-refractivity contribution is 5.95. The van der Waals surface area contributed by atoms with Gasteiger partial charge in [0, 0.05) is 11.6 Å². The summed E-state index contributed by atoms with van der Waals surface area (Å²) in [5, 5.41) is 3.07. The molecule has 0 radical (unpaired) electrons. The van der Waals surface area contributed by atoms with Gasteiger partial charge in [-0.05, 0) is 31.9 Å². The lowest BCUT2D eigenvalue weighted by atomic mass is 10.1. The van der Waals surface area contributed by atoms with Gasteiger partial charge in [0.05, 0.1) is 0 Å². The second-order valence-corrected chi connectivity index (χ2v) is 5.04. The summed E-state index contributed by atoms with van der Waals surface area (Å²) in [6, 6.07) is 7.98. The number of benzene rings is 1. The van der Waals surface area contributed by atoms with Gasteiger partial charge in [-0.25, -0.2) is 0 Å². The summed E-state index contributed by atoms with van der Waals surface area (Å²) in [7, 11) is 0. The lowest BCUT2D eigenvalue weighted by molar-refractivity contribution is 0.0937. The Bertz CT molecular complexity index is 373. The molecule has 2 nitrogen and oxygen atoms in total. The minimum absolute atomic E-state index is 0.0519. The zero-order valence-corrected chi connectivity index (χ0v) is 11.8. The van der Waals surface area contributed by atoms with Gasteiger partial charge in [-0.1, -0.05) is 50.8 Å². The molecular formula is C16H25NO. The Morgan fingerprint density at radius 2 is 1.94 bits per heavy atom. The van der Waals surface area contributed by atoms with E-state index in [4.69, 9.17) is 0 Å². The van der Waals surface area contributed by atoms with Gasteiger partial charge < -0.3 is 5.32 Å². The fourth-order valence-electron chi connectivity index (χ4n) is 2.08.